The van der Waals surface area contributed by atoms with Crippen molar-refractivity contribution in [1.82, 2.24) is 9.97 Å². The summed E-state index contributed by atoms with van der Waals surface area (Å²) in [5.74, 6) is -0.924. The highest BCUT2D eigenvalue weighted by Crippen LogP contribution is 2.09. The predicted octanol–water partition coefficient (Wildman–Crippen LogP) is 4.60. The molecule has 0 unspecified atom stereocenters. The van der Waals surface area contributed by atoms with Gasteiger partial charge >= 0.3 is 0 Å². The Morgan fingerprint density at radius 3 is 2.06 bits per heavy atom. The molecule has 0 fully saturated rings. The summed E-state index contributed by atoms with van der Waals surface area (Å²) >= 11 is 6.04. The molecule has 0 saturated heterocycles. The number of rotatable bonds is 0. The van der Waals surface area contributed by atoms with Gasteiger partial charge in [-0.1, -0.05) is 23.4 Å². The highest BCUT2D eigenvalue weighted by Gasteiger charge is 1.92. The summed E-state index contributed by atoms with van der Waals surface area (Å²) in [4.78, 5) is 6.71. The van der Waals surface area contributed by atoms with Gasteiger partial charge in [0.1, 0.15) is 0 Å². The standard InChI is InChI=1S/2C5H3BrFN.CH4/c6-4-1-2-8-5(7)3-4;6-4-2-1-3-8-5(4)7;/h2*1-3H;1H4. The summed E-state index contributed by atoms with van der Waals surface area (Å²) in [7, 11) is 0. The summed E-state index contributed by atoms with van der Waals surface area (Å²) in [5.41, 5.74) is 0. The zero-order valence-electron chi connectivity index (χ0n) is 7.87. The van der Waals surface area contributed by atoms with Gasteiger partial charge in [-0.25, -0.2) is 9.97 Å². The van der Waals surface area contributed by atoms with Gasteiger partial charge in [0.05, 0.1) is 4.47 Å². The minimum absolute atomic E-state index is 0. The quantitative estimate of drug-likeness (QED) is 0.636. The zero-order chi connectivity index (χ0) is 12.0. The van der Waals surface area contributed by atoms with Crippen molar-refractivity contribution in [3.05, 3.63) is 57.5 Å². The van der Waals surface area contributed by atoms with Gasteiger partial charge < -0.3 is 0 Å². The Morgan fingerprint density at radius 2 is 1.71 bits per heavy atom. The third-order valence-electron chi connectivity index (χ3n) is 1.40. The lowest BCUT2D eigenvalue weighted by Gasteiger charge is -1.86. The maximum Gasteiger partial charge on any atom is 0.227 e. The fourth-order valence-electron chi connectivity index (χ4n) is 0.745. The second kappa shape index (κ2) is 8.25. The van der Waals surface area contributed by atoms with E-state index >= 15 is 0 Å². The van der Waals surface area contributed by atoms with Crippen LogP contribution in [0.5, 0.6) is 0 Å². The highest BCUT2D eigenvalue weighted by molar-refractivity contribution is 9.10. The van der Waals surface area contributed by atoms with E-state index in [1.807, 2.05) is 0 Å². The van der Waals surface area contributed by atoms with Crippen LogP contribution < -0.4 is 0 Å². The molecule has 0 radical (unpaired) electrons. The van der Waals surface area contributed by atoms with Crippen LogP contribution in [0.3, 0.4) is 0 Å². The maximum absolute atomic E-state index is 12.2. The summed E-state index contributed by atoms with van der Waals surface area (Å²) in [6.45, 7) is 0. The molecule has 2 nitrogen and oxygen atoms in total. The molecular weight excluding hydrogens is 358 g/mol. The molecule has 2 aromatic rings. The molecule has 0 bridgehead atoms. The molecule has 0 N–H and O–H groups in total. The van der Waals surface area contributed by atoms with E-state index in [9.17, 15) is 8.78 Å². The molecule has 0 aromatic carbocycles. The molecule has 17 heavy (non-hydrogen) atoms. The van der Waals surface area contributed by atoms with Crippen LogP contribution in [0.15, 0.2) is 45.6 Å². The number of hydrogen-bond donors (Lipinski definition) is 0. The van der Waals surface area contributed by atoms with Crippen molar-refractivity contribution in [1.29, 1.82) is 0 Å². The fraction of sp³-hybridized carbons (Fsp3) is 0.0909. The van der Waals surface area contributed by atoms with E-state index < -0.39 is 11.9 Å². The Bertz CT molecular complexity index is 428. The topological polar surface area (TPSA) is 25.8 Å². The van der Waals surface area contributed by atoms with Gasteiger partial charge in [-0.15, -0.1) is 0 Å². The van der Waals surface area contributed by atoms with E-state index in [2.05, 4.69) is 41.8 Å². The van der Waals surface area contributed by atoms with E-state index in [4.69, 9.17) is 0 Å². The van der Waals surface area contributed by atoms with Gasteiger partial charge in [-0.05, 0) is 34.1 Å². The Morgan fingerprint density at radius 1 is 1.00 bits per heavy atom. The van der Waals surface area contributed by atoms with Crippen molar-refractivity contribution < 1.29 is 8.78 Å². The van der Waals surface area contributed by atoms with Crippen LogP contribution >= 0.6 is 31.9 Å². The monoisotopic (exact) mass is 366 g/mol. The molecule has 0 spiro atoms. The lowest BCUT2D eigenvalue weighted by molar-refractivity contribution is 0.577. The summed E-state index contributed by atoms with van der Waals surface area (Å²) in [6, 6.07) is 6.23. The Balaban J connectivity index is 0.000000284. The largest absolute Gasteiger partial charge is 0.228 e. The molecule has 92 valence electrons. The number of aromatic nitrogens is 2. The van der Waals surface area contributed by atoms with Crippen molar-refractivity contribution in [3.63, 3.8) is 0 Å². The van der Waals surface area contributed by atoms with Crippen molar-refractivity contribution in [3.8, 4) is 0 Å². The molecule has 6 heteroatoms. The first-order chi connectivity index (χ1) is 7.59. The molecule has 0 atom stereocenters. The highest BCUT2D eigenvalue weighted by atomic mass is 79.9. The predicted molar refractivity (Wildman–Crippen MR) is 70.5 cm³/mol. The van der Waals surface area contributed by atoms with E-state index in [-0.39, 0.29) is 7.43 Å². The Labute approximate surface area is 115 Å². The third-order valence-corrected chi connectivity index (χ3v) is 2.49. The molecular formula is C11H10Br2F2N2. The van der Waals surface area contributed by atoms with E-state index in [1.165, 1.54) is 18.5 Å². The molecule has 0 saturated carbocycles. The molecule has 0 aliphatic rings. The van der Waals surface area contributed by atoms with Crippen LogP contribution in [0.2, 0.25) is 0 Å². The Hall–Kier alpha value is -0.880. The summed E-state index contributed by atoms with van der Waals surface area (Å²) in [6.07, 6.45) is 2.81. The van der Waals surface area contributed by atoms with Crippen LogP contribution in [0.1, 0.15) is 7.43 Å². The Kier molecular flexibility index (Phi) is 7.82. The van der Waals surface area contributed by atoms with Gasteiger partial charge in [0.25, 0.3) is 0 Å². The van der Waals surface area contributed by atoms with Gasteiger partial charge in [-0.2, -0.15) is 8.78 Å². The lowest BCUT2D eigenvalue weighted by atomic mass is 10.5. The molecule has 2 aromatic heterocycles. The van der Waals surface area contributed by atoms with Crippen molar-refractivity contribution in [2.24, 2.45) is 0 Å². The lowest BCUT2D eigenvalue weighted by Crippen LogP contribution is -1.79. The van der Waals surface area contributed by atoms with Gasteiger partial charge in [0.2, 0.25) is 11.9 Å². The van der Waals surface area contributed by atoms with Crippen LogP contribution in [-0.2, 0) is 0 Å². The van der Waals surface area contributed by atoms with E-state index in [0.717, 1.165) is 0 Å². The maximum atomic E-state index is 12.2. The van der Waals surface area contributed by atoms with Crippen molar-refractivity contribution in [2.75, 3.05) is 0 Å². The van der Waals surface area contributed by atoms with Gasteiger partial charge in [0.15, 0.2) is 0 Å². The minimum Gasteiger partial charge on any atom is -0.228 e. The molecule has 2 rings (SSSR count). The number of halogens is 4. The van der Waals surface area contributed by atoms with E-state index in [1.54, 1.807) is 18.2 Å². The third kappa shape index (κ3) is 6.43. The van der Waals surface area contributed by atoms with Crippen LogP contribution in [-0.4, -0.2) is 9.97 Å². The smallest absolute Gasteiger partial charge is 0.227 e. The van der Waals surface area contributed by atoms with Gasteiger partial charge in [-0.3, -0.25) is 0 Å². The minimum atomic E-state index is -0.465. The average Bonchev–Trinajstić information content (AvgIpc) is 2.23. The molecule has 0 aliphatic carbocycles. The van der Waals surface area contributed by atoms with Crippen LogP contribution in [0.25, 0.3) is 0 Å². The number of nitrogens with zero attached hydrogens (tertiary/aromatic N) is 2. The average molecular weight is 368 g/mol. The molecule has 2 heterocycles. The number of pyridine rings is 2. The van der Waals surface area contributed by atoms with Crippen LogP contribution in [0, 0.1) is 11.9 Å². The summed E-state index contributed by atoms with van der Waals surface area (Å²) < 4.78 is 25.3. The van der Waals surface area contributed by atoms with Crippen molar-refractivity contribution >= 4 is 31.9 Å². The molecule has 0 aliphatic heterocycles. The fourth-order valence-corrected chi connectivity index (χ4v) is 1.31. The van der Waals surface area contributed by atoms with Crippen LogP contribution in [0.4, 0.5) is 8.78 Å². The second-order valence-electron chi connectivity index (χ2n) is 2.57. The first-order valence-electron chi connectivity index (χ1n) is 4.12. The van der Waals surface area contributed by atoms with E-state index in [0.29, 0.717) is 8.95 Å². The first kappa shape index (κ1) is 16.1. The van der Waals surface area contributed by atoms with Crippen molar-refractivity contribution in [2.45, 2.75) is 7.43 Å². The normalized spacial score (nSPS) is 8.71. The second-order valence-corrected chi connectivity index (χ2v) is 4.34. The molecule has 0 amide bonds. The number of hydrogen-bond acceptors (Lipinski definition) is 2. The zero-order valence-corrected chi connectivity index (χ0v) is 11.0. The van der Waals surface area contributed by atoms with Gasteiger partial charge in [0, 0.05) is 22.9 Å². The summed E-state index contributed by atoms with van der Waals surface area (Å²) in [5, 5.41) is 0. The first-order valence-corrected chi connectivity index (χ1v) is 5.71. The SMILES string of the molecule is C.Fc1cc(Br)ccn1.Fc1ncccc1Br.